The molecule has 46 heavy (non-hydrogen) atoms. The summed E-state index contributed by atoms with van der Waals surface area (Å²) >= 11 is 0. The summed E-state index contributed by atoms with van der Waals surface area (Å²) in [5.41, 5.74) is 0. The first-order valence-corrected chi connectivity index (χ1v) is 21.6. The lowest BCUT2D eigenvalue weighted by Crippen LogP contribution is -2.30. The van der Waals surface area contributed by atoms with Gasteiger partial charge in [-0.3, -0.25) is 4.79 Å². The van der Waals surface area contributed by atoms with Gasteiger partial charge >= 0.3 is 5.97 Å². The molecule has 0 amide bonds. The second-order valence-corrected chi connectivity index (χ2v) is 14.9. The molecule has 3 heteroatoms. The van der Waals surface area contributed by atoms with E-state index in [2.05, 4.69) is 33.0 Å². The van der Waals surface area contributed by atoms with E-state index in [1.165, 1.54) is 199 Å². The SMILES string of the molecule is CCCCCCCCCCNC(CCCCCCCCCC)CCCCCCC(=O)OCCC(CCCCCC)CCCCCC. The van der Waals surface area contributed by atoms with E-state index >= 15 is 0 Å². The Morgan fingerprint density at radius 3 is 1.28 bits per heavy atom. The largest absolute Gasteiger partial charge is 0.466 e. The molecule has 0 heterocycles. The lowest BCUT2D eigenvalue weighted by Gasteiger charge is -2.19. The van der Waals surface area contributed by atoms with Gasteiger partial charge in [0.15, 0.2) is 0 Å². The average molecular weight is 650 g/mol. The van der Waals surface area contributed by atoms with Gasteiger partial charge in [-0.15, -0.1) is 0 Å². The van der Waals surface area contributed by atoms with Crippen LogP contribution in [-0.2, 0) is 9.53 Å². The number of rotatable bonds is 39. The van der Waals surface area contributed by atoms with Crippen molar-refractivity contribution in [3.63, 3.8) is 0 Å². The molecule has 3 nitrogen and oxygen atoms in total. The molecule has 1 N–H and O–H groups in total. The van der Waals surface area contributed by atoms with E-state index in [4.69, 9.17) is 4.74 Å². The summed E-state index contributed by atoms with van der Waals surface area (Å²) in [6.07, 6.45) is 44.8. The van der Waals surface area contributed by atoms with Gasteiger partial charge in [0, 0.05) is 12.5 Å². The van der Waals surface area contributed by atoms with Crippen molar-refractivity contribution in [1.82, 2.24) is 5.32 Å². The number of hydrogen-bond acceptors (Lipinski definition) is 3. The van der Waals surface area contributed by atoms with Crippen LogP contribution in [0.1, 0.15) is 246 Å². The van der Waals surface area contributed by atoms with Crippen LogP contribution in [0.25, 0.3) is 0 Å². The van der Waals surface area contributed by atoms with E-state index in [-0.39, 0.29) is 5.97 Å². The molecular formula is C43H87NO2. The van der Waals surface area contributed by atoms with Gasteiger partial charge < -0.3 is 10.1 Å². The molecule has 1 unspecified atom stereocenters. The Balaban J connectivity index is 4.17. The molecule has 0 aliphatic carbocycles. The van der Waals surface area contributed by atoms with Crippen LogP contribution in [0.5, 0.6) is 0 Å². The molecule has 0 radical (unpaired) electrons. The zero-order chi connectivity index (χ0) is 33.6. The molecule has 0 aliphatic heterocycles. The molecule has 0 saturated carbocycles. The number of nitrogens with one attached hydrogen (secondary N) is 1. The minimum absolute atomic E-state index is 0.0373. The summed E-state index contributed by atoms with van der Waals surface area (Å²) in [4.78, 5) is 12.4. The second kappa shape index (κ2) is 38.9. The number of esters is 1. The van der Waals surface area contributed by atoms with E-state index in [0.29, 0.717) is 19.1 Å². The van der Waals surface area contributed by atoms with Gasteiger partial charge in [0.25, 0.3) is 0 Å². The maximum atomic E-state index is 12.4. The molecule has 0 spiro atoms. The van der Waals surface area contributed by atoms with Gasteiger partial charge in [-0.1, -0.05) is 207 Å². The van der Waals surface area contributed by atoms with Crippen molar-refractivity contribution in [3.8, 4) is 0 Å². The molecule has 0 rings (SSSR count). The minimum atomic E-state index is 0.0373. The van der Waals surface area contributed by atoms with Crippen LogP contribution in [0.15, 0.2) is 0 Å². The molecule has 0 aromatic heterocycles. The monoisotopic (exact) mass is 650 g/mol. The predicted octanol–water partition coefficient (Wildman–Crippen LogP) is 14.4. The van der Waals surface area contributed by atoms with E-state index in [1.807, 2.05) is 0 Å². The molecule has 0 aromatic carbocycles. The summed E-state index contributed by atoms with van der Waals surface area (Å²) in [5, 5.41) is 3.95. The topological polar surface area (TPSA) is 38.3 Å². The lowest BCUT2D eigenvalue weighted by atomic mass is 9.92. The highest BCUT2D eigenvalue weighted by molar-refractivity contribution is 5.69. The van der Waals surface area contributed by atoms with Crippen molar-refractivity contribution in [3.05, 3.63) is 0 Å². The van der Waals surface area contributed by atoms with E-state index < -0.39 is 0 Å². The van der Waals surface area contributed by atoms with Gasteiger partial charge in [-0.2, -0.15) is 0 Å². The zero-order valence-corrected chi connectivity index (χ0v) is 32.4. The average Bonchev–Trinajstić information content (AvgIpc) is 3.06. The van der Waals surface area contributed by atoms with Crippen LogP contribution in [0.2, 0.25) is 0 Å². The van der Waals surface area contributed by atoms with Crippen LogP contribution in [0.4, 0.5) is 0 Å². The van der Waals surface area contributed by atoms with Gasteiger partial charge in [0.05, 0.1) is 6.61 Å². The molecule has 0 aromatic rings. The Bertz CT molecular complexity index is 567. The normalized spacial score (nSPS) is 12.3. The third-order valence-corrected chi connectivity index (χ3v) is 10.3. The Morgan fingerprint density at radius 2 is 0.804 bits per heavy atom. The smallest absolute Gasteiger partial charge is 0.305 e. The number of unbranched alkanes of at least 4 members (excludes halogenated alkanes) is 23. The lowest BCUT2D eigenvalue weighted by molar-refractivity contribution is -0.144. The molecule has 0 bridgehead atoms. The predicted molar refractivity (Wildman–Crippen MR) is 206 cm³/mol. The van der Waals surface area contributed by atoms with Crippen molar-refractivity contribution in [2.45, 2.75) is 252 Å². The Hall–Kier alpha value is -0.570. The quantitative estimate of drug-likeness (QED) is 0.0532. The van der Waals surface area contributed by atoms with Gasteiger partial charge in [-0.05, 0) is 44.6 Å². The Kier molecular flexibility index (Phi) is 38.4. The van der Waals surface area contributed by atoms with E-state index in [0.717, 1.165) is 25.2 Å². The van der Waals surface area contributed by atoms with E-state index in [9.17, 15) is 4.79 Å². The summed E-state index contributed by atoms with van der Waals surface area (Å²) in [5.74, 6) is 0.778. The fourth-order valence-corrected chi connectivity index (χ4v) is 7.02. The highest BCUT2D eigenvalue weighted by Crippen LogP contribution is 2.22. The van der Waals surface area contributed by atoms with E-state index in [1.54, 1.807) is 0 Å². The third kappa shape index (κ3) is 34.8. The van der Waals surface area contributed by atoms with Gasteiger partial charge in [0.1, 0.15) is 0 Å². The summed E-state index contributed by atoms with van der Waals surface area (Å²) < 4.78 is 5.71. The second-order valence-electron chi connectivity index (χ2n) is 14.9. The zero-order valence-electron chi connectivity index (χ0n) is 32.4. The highest BCUT2D eigenvalue weighted by Gasteiger charge is 2.12. The molecule has 0 fully saturated rings. The maximum Gasteiger partial charge on any atom is 0.305 e. The first-order chi connectivity index (χ1) is 22.7. The first-order valence-electron chi connectivity index (χ1n) is 21.6. The van der Waals surface area contributed by atoms with Gasteiger partial charge in [-0.25, -0.2) is 0 Å². The molecular weight excluding hydrogens is 562 g/mol. The molecule has 0 aliphatic rings. The van der Waals surface area contributed by atoms with Crippen molar-refractivity contribution >= 4 is 5.97 Å². The van der Waals surface area contributed by atoms with Crippen LogP contribution >= 0.6 is 0 Å². The van der Waals surface area contributed by atoms with Crippen LogP contribution < -0.4 is 5.32 Å². The number of carbonyl (C=O) groups is 1. The fourth-order valence-electron chi connectivity index (χ4n) is 7.02. The van der Waals surface area contributed by atoms with Crippen molar-refractivity contribution in [2.24, 2.45) is 5.92 Å². The van der Waals surface area contributed by atoms with Crippen LogP contribution in [0.3, 0.4) is 0 Å². The van der Waals surface area contributed by atoms with Crippen LogP contribution in [0, 0.1) is 5.92 Å². The molecule has 0 saturated heterocycles. The summed E-state index contributed by atoms with van der Waals surface area (Å²) in [6.45, 7) is 11.0. The van der Waals surface area contributed by atoms with Crippen molar-refractivity contribution in [1.29, 1.82) is 0 Å². The number of carbonyl (C=O) groups excluding carboxylic acids is 1. The number of hydrogen-bond donors (Lipinski definition) is 1. The standard InChI is InChI=1S/C43H87NO2/c1-5-9-13-17-19-21-23-29-35-42(44-39-32-26-22-20-18-14-10-6-2)36-30-24-25-31-37-43(45)46-40-38-41(33-27-15-11-7-3)34-28-16-12-8-4/h41-42,44H,5-40H2,1-4H3. The fraction of sp³-hybridized carbons (Fsp3) is 0.977. The van der Waals surface area contributed by atoms with Crippen molar-refractivity contribution < 1.29 is 9.53 Å². The first kappa shape index (κ1) is 45.4. The molecule has 1 atom stereocenters. The number of ether oxygens (including phenoxy) is 1. The van der Waals surface area contributed by atoms with Gasteiger partial charge in [0.2, 0.25) is 0 Å². The Morgan fingerprint density at radius 1 is 0.435 bits per heavy atom. The highest BCUT2D eigenvalue weighted by atomic mass is 16.5. The minimum Gasteiger partial charge on any atom is -0.466 e. The summed E-state index contributed by atoms with van der Waals surface area (Å²) in [6, 6.07) is 0.687. The summed E-state index contributed by atoms with van der Waals surface area (Å²) in [7, 11) is 0. The third-order valence-electron chi connectivity index (χ3n) is 10.3. The maximum absolute atomic E-state index is 12.4. The molecule has 276 valence electrons. The van der Waals surface area contributed by atoms with Crippen LogP contribution in [-0.4, -0.2) is 25.2 Å². The van der Waals surface area contributed by atoms with Crippen molar-refractivity contribution in [2.75, 3.05) is 13.2 Å². The Labute approximate surface area is 291 Å².